The normalized spacial score (nSPS) is 19.5. The standard InChI is InChI=1S/C19H32N4O2S/c1-18(2,3)25-17(24)23-13-14(12-19(23,4)5)8-7-11-21-15-9-6-10-16(22-15)26-20/h6,9-10,14H,7-8,11-13,20H2,1-5H3,(H,21,22). The van der Waals surface area contributed by atoms with Gasteiger partial charge in [0.1, 0.15) is 16.4 Å². The average Bonchev–Trinajstić information content (AvgIpc) is 2.85. The van der Waals surface area contributed by atoms with Crippen LogP contribution in [0.4, 0.5) is 10.6 Å². The van der Waals surface area contributed by atoms with E-state index < -0.39 is 5.60 Å². The Labute approximate surface area is 161 Å². The second-order valence-electron chi connectivity index (χ2n) is 8.52. The van der Waals surface area contributed by atoms with Crippen LogP contribution in [0.25, 0.3) is 0 Å². The highest BCUT2D eigenvalue weighted by Gasteiger charge is 2.42. The third-order valence-corrected chi connectivity index (χ3v) is 4.98. The number of rotatable bonds is 6. The summed E-state index contributed by atoms with van der Waals surface area (Å²) >= 11 is 1.15. The topological polar surface area (TPSA) is 80.5 Å². The maximum atomic E-state index is 12.5. The summed E-state index contributed by atoms with van der Waals surface area (Å²) in [7, 11) is 0. The molecule has 1 unspecified atom stereocenters. The highest BCUT2D eigenvalue weighted by atomic mass is 32.2. The van der Waals surface area contributed by atoms with Gasteiger partial charge in [-0.25, -0.2) is 9.78 Å². The minimum Gasteiger partial charge on any atom is -0.444 e. The van der Waals surface area contributed by atoms with Crippen LogP contribution in [-0.4, -0.2) is 40.2 Å². The predicted molar refractivity (Wildman–Crippen MR) is 107 cm³/mol. The summed E-state index contributed by atoms with van der Waals surface area (Å²) in [5, 5.41) is 9.69. The Bertz CT molecular complexity index is 616. The van der Waals surface area contributed by atoms with Gasteiger partial charge in [0, 0.05) is 18.6 Å². The molecule has 1 aliphatic heterocycles. The van der Waals surface area contributed by atoms with Gasteiger partial charge < -0.3 is 15.0 Å². The molecule has 1 aromatic rings. The molecule has 2 heterocycles. The zero-order chi connectivity index (χ0) is 19.4. The molecule has 26 heavy (non-hydrogen) atoms. The lowest BCUT2D eigenvalue weighted by Crippen LogP contribution is -2.45. The lowest BCUT2D eigenvalue weighted by molar-refractivity contribution is 0.0131. The highest BCUT2D eigenvalue weighted by Crippen LogP contribution is 2.36. The van der Waals surface area contributed by atoms with E-state index in [-0.39, 0.29) is 11.6 Å². The fraction of sp³-hybridized carbons (Fsp3) is 0.684. The Morgan fingerprint density at radius 2 is 2.19 bits per heavy atom. The van der Waals surface area contributed by atoms with E-state index >= 15 is 0 Å². The Balaban J connectivity index is 1.79. The largest absolute Gasteiger partial charge is 0.444 e. The van der Waals surface area contributed by atoms with Crippen molar-refractivity contribution in [1.29, 1.82) is 0 Å². The lowest BCUT2D eigenvalue weighted by Gasteiger charge is -2.33. The van der Waals surface area contributed by atoms with Gasteiger partial charge in [0.25, 0.3) is 0 Å². The number of nitrogens with two attached hydrogens (primary N) is 1. The van der Waals surface area contributed by atoms with Crippen LogP contribution >= 0.6 is 11.9 Å². The third kappa shape index (κ3) is 6.06. The molecule has 6 nitrogen and oxygen atoms in total. The van der Waals surface area contributed by atoms with Crippen LogP contribution in [0.2, 0.25) is 0 Å². The van der Waals surface area contributed by atoms with E-state index in [1.807, 2.05) is 43.9 Å². The first-order valence-electron chi connectivity index (χ1n) is 9.19. The van der Waals surface area contributed by atoms with Crippen molar-refractivity contribution in [3.8, 4) is 0 Å². The van der Waals surface area contributed by atoms with Crippen molar-refractivity contribution in [3.05, 3.63) is 18.2 Å². The molecular weight excluding hydrogens is 348 g/mol. The summed E-state index contributed by atoms with van der Waals surface area (Å²) in [4.78, 5) is 18.8. The molecule has 1 amide bonds. The molecule has 1 saturated heterocycles. The molecule has 0 bridgehead atoms. The monoisotopic (exact) mass is 380 g/mol. The fourth-order valence-corrected chi connectivity index (χ4v) is 3.71. The molecule has 7 heteroatoms. The number of amides is 1. The summed E-state index contributed by atoms with van der Waals surface area (Å²) in [6, 6.07) is 5.78. The number of carbonyl (C=O) groups is 1. The van der Waals surface area contributed by atoms with Crippen LogP contribution in [0.3, 0.4) is 0 Å². The quantitative estimate of drug-likeness (QED) is 0.566. The van der Waals surface area contributed by atoms with Crippen LogP contribution in [0.5, 0.6) is 0 Å². The van der Waals surface area contributed by atoms with E-state index in [1.165, 1.54) is 0 Å². The number of hydrogen-bond donors (Lipinski definition) is 2. The van der Waals surface area contributed by atoms with Crippen LogP contribution in [0.15, 0.2) is 23.2 Å². The van der Waals surface area contributed by atoms with Gasteiger partial charge in [-0.15, -0.1) is 0 Å². The minimum atomic E-state index is -0.460. The Morgan fingerprint density at radius 1 is 1.46 bits per heavy atom. The van der Waals surface area contributed by atoms with Crippen molar-refractivity contribution < 1.29 is 9.53 Å². The maximum Gasteiger partial charge on any atom is 0.410 e. The number of anilines is 1. The molecule has 3 N–H and O–H groups in total. The van der Waals surface area contributed by atoms with Crippen molar-refractivity contribution >= 4 is 23.9 Å². The molecule has 146 valence electrons. The first-order valence-corrected chi connectivity index (χ1v) is 10.1. The van der Waals surface area contributed by atoms with Crippen molar-refractivity contribution in [2.75, 3.05) is 18.4 Å². The Kier molecular flexibility index (Phi) is 6.80. The summed E-state index contributed by atoms with van der Waals surface area (Å²) in [6.07, 6.45) is 2.90. The number of aromatic nitrogens is 1. The molecule has 0 spiro atoms. The molecule has 1 aliphatic rings. The molecule has 0 aliphatic carbocycles. The lowest BCUT2D eigenvalue weighted by atomic mass is 9.93. The fourth-order valence-electron chi connectivity index (χ4n) is 3.40. The SMILES string of the molecule is CC(C)(C)OC(=O)N1CC(CCCNc2cccc(SN)n2)CC1(C)C. The molecule has 1 aromatic heterocycles. The van der Waals surface area contributed by atoms with E-state index in [4.69, 9.17) is 9.88 Å². The number of likely N-dealkylation sites (tertiary alicyclic amines) is 1. The summed E-state index contributed by atoms with van der Waals surface area (Å²) < 4.78 is 5.57. The van der Waals surface area contributed by atoms with Gasteiger partial charge in [0.2, 0.25) is 0 Å². The molecule has 1 fully saturated rings. The van der Waals surface area contributed by atoms with Crippen molar-refractivity contribution in [3.63, 3.8) is 0 Å². The van der Waals surface area contributed by atoms with Gasteiger partial charge in [0.05, 0.1) is 0 Å². The van der Waals surface area contributed by atoms with Gasteiger partial charge in [-0.1, -0.05) is 6.07 Å². The van der Waals surface area contributed by atoms with Crippen LogP contribution in [0, 0.1) is 5.92 Å². The van der Waals surface area contributed by atoms with E-state index in [1.54, 1.807) is 0 Å². The van der Waals surface area contributed by atoms with Gasteiger partial charge in [-0.3, -0.25) is 5.14 Å². The van der Waals surface area contributed by atoms with Crippen LogP contribution in [-0.2, 0) is 4.74 Å². The molecular formula is C19H32N4O2S. The number of pyridine rings is 1. The third-order valence-electron chi connectivity index (χ3n) is 4.51. The number of ether oxygens (including phenoxy) is 1. The van der Waals surface area contributed by atoms with Gasteiger partial charge >= 0.3 is 6.09 Å². The first kappa shape index (κ1) is 20.8. The highest BCUT2D eigenvalue weighted by molar-refractivity contribution is 7.97. The molecule has 2 rings (SSSR count). The Morgan fingerprint density at radius 3 is 2.85 bits per heavy atom. The number of nitrogens with zero attached hydrogens (tertiary/aromatic N) is 2. The van der Waals surface area contributed by atoms with Crippen molar-refractivity contribution in [2.24, 2.45) is 11.1 Å². The number of nitrogens with one attached hydrogen (secondary N) is 1. The number of hydrogen-bond acceptors (Lipinski definition) is 6. The smallest absolute Gasteiger partial charge is 0.410 e. The minimum absolute atomic E-state index is 0.158. The van der Waals surface area contributed by atoms with E-state index in [0.29, 0.717) is 5.92 Å². The summed E-state index contributed by atoms with van der Waals surface area (Å²) in [5.74, 6) is 1.35. The molecule has 1 atom stereocenters. The number of carbonyl (C=O) groups excluding carboxylic acids is 1. The van der Waals surface area contributed by atoms with Crippen LogP contribution < -0.4 is 10.5 Å². The van der Waals surface area contributed by atoms with Gasteiger partial charge in [0.15, 0.2) is 0 Å². The zero-order valence-corrected chi connectivity index (χ0v) is 17.4. The molecule has 0 aromatic carbocycles. The van der Waals surface area contributed by atoms with E-state index in [9.17, 15) is 4.79 Å². The summed E-state index contributed by atoms with van der Waals surface area (Å²) in [6.45, 7) is 11.6. The second kappa shape index (κ2) is 8.48. The zero-order valence-electron chi connectivity index (χ0n) is 16.5. The van der Waals surface area contributed by atoms with Crippen molar-refractivity contribution in [1.82, 2.24) is 9.88 Å². The van der Waals surface area contributed by atoms with E-state index in [0.717, 1.165) is 55.1 Å². The van der Waals surface area contributed by atoms with Crippen molar-refractivity contribution in [2.45, 2.75) is 70.0 Å². The van der Waals surface area contributed by atoms with Gasteiger partial charge in [-0.2, -0.15) is 0 Å². The van der Waals surface area contributed by atoms with Gasteiger partial charge in [-0.05, 0) is 83.9 Å². The predicted octanol–water partition coefficient (Wildman–Crippen LogP) is 4.28. The Hall–Kier alpha value is -1.47. The summed E-state index contributed by atoms with van der Waals surface area (Å²) in [5.41, 5.74) is -0.618. The second-order valence-corrected chi connectivity index (χ2v) is 9.18. The van der Waals surface area contributed by atoms with Crippen LogP contribution in [0.1, 0.15) is 53.9 Å². The maximum absolute atomic E-state index is 12.5. The van der Waals surface area contributed by atoms with E-state index in [2.05, 4.69) is 24.1 Å². The average molecular weight is 381 g/mol. The molecule has 0 saturated carbocycles. The molecule has 0 radical (unpaired) electrons. The first-order chi connectivity index (χ1) is 12.1.